The Hall–Kier alpha value is -2.75. The number of nitrogens with zero attached hydrogens (tertiary/aromatic N) is 2. The maximum atomic E-state index is 11.6. The Morgan fingerprint density at radius 1 is 1.25 bits per heavy atom. The van der Waals surface area contributed by atoms with E-state index in [1.807, 2.05) is 0 Å². The van der Waals surface area contributed by atoms with Gasteiger partial charge < -0.3 is 19.8 Å². The van der Waals surface area contributed by atoms with Gasteiger partial charge in [0.05, 0.1) is 19.2 Å². The van der Waals surface area contributed by atoms with Crippen LogP contribution in [0, 0.1) is 6.92 Å². The lowest BCUT2D eigenvalue weighted by molar-refractivity contribution is -0.149. The molecule has 0 aliphatic rings. The van der Waals surface area contributed by atoms with Gasteiger partial charge in [-0.05, 0) is 19.1 Å². The monoisotopic (exact) mass is 352 g/mol. The molecule has 0 bridgehead atoms. The van der Waals surface area contributed by atoms with Gasteiger partial charge in [-0.3, -0.25) is 14.4 Å². The first-order valence-corrected chi connectivity index (χ1v) is 7.89. The number of carbonyl (C=O) groups is 3. The summed E-state index contributed by atoms with van der Waals surface area (Å²) in [5.41, 5.74) is 0. The van der Waals surface area contributed by atoms with Gasteiger partial charge in [0.1, 0.15) is 10.8 Å². The zero-order valence-electron chi connectivity index (χ0n) is 12.9. The first-order valence-electron chi connectivity index (χ1n) is 7.07. The second kappa shape index (κ2) is 8.77. The van der Waals surface area contributed by atoms with Crippen molar-refractivity contribution in [3.8, 4) is 0 Å². The van der Waals surface area contributed by atoms with E-state index in [1.54, 1.807) is 19.1 Å². The number of amides is 2. The molecule has 0 fully saturated rings. The van der Waals surface area contributed by atoms with Crippen molar-refractivity contribution in [3.63, 3.8) is 0 Å². The van der Waals surface area contributed by atoms with E-state index in [1.165, 1.54) is 17.6 Å². The Balaban J connectivity index is 1.58. The van der Waals surface area contributed by atoms with Crippen molar-refractivity contribution >= 4 is 34.3 Å². The first-order chi connectivity index (χ1) is 11.5. The molecule has 24 heavy (non-hydrogen) atoms. The molecular formula is C14H16N4O5S. The van der Waals surface area contributed by atoms with Gasteiger partial charge in [0, 0.05) is 6.42 Å². The highest BCUT2D eigenvalue weighted by molar-refractivity contribution is 7.15. The molecule has 0 saturated heterocycles. The van der Waals surface area contributed by atoms with E-state index in [2.05, 4.69) is 20.8 Å². The third kappa shape index (κ3) is 6.16. The molecule has 2 N–H and O–H groups in total. The summed E-state index contributed by atoms with van der Waals surface area (Å²) in [4.78, 5) is 34.6. The largest absolute Gasteiger partial charge is 0.467 e. The lowest BCUT2D eigenvalue weighted by Gasteiger charge is -2.05. The van der Waals surface area contributed by atoms with Crippen LogP contribution in [0.3, 0.4) is 0 Å². The van der Waals surface area contributed by atoms with Gasteiger partial charge in [-0.1, -0.05) is 11.3 Å². The molecule has 9 nitrogen and oxygen atoms in total. The van der Waals surface area contributed by atoms with Crippen LogP contribution in [-0.2, 0) is 25.7 Å². The van der Waals surface area contributed by atoms with Gasteiger partial charge in [0.15, 0.2) is 6.61 Å². The summed E-state index contributed by atoms with van der Waals surface area (Å²) in [6.07, 6.45) is 1.30. The van der Waals surface area contributed by atoms with Crippen LogP contribution in [0.2, 0.25) is 0 Å². The molecule has 0 aliphatic heterocycles. The molecule has 0 saturated carbocycles. The smallest absolute Gasteiger partial charge is 0.306 e. The molecule has 2 rings (SSSR count). The zero-order chi connectivity index (χ0) is 17.4. The average Bonchev–Trinajstić information content (AvgIpc) is 3.20. The standard InChI is InChI=1S/C14H16N4O5S/c1-9-17-18-14(24-9)16-11(19)4-5-13(21)23-8-12(20)15-7-10-3-2-6-22-10/h2-3,6H,4-5,7-8H2,1H3,(H,15,20)(H,16,18,19). The minimum atomic E-state index is -0.633. The van der Waals surface area contributed by atoms with Crippen LogP contribution < -0.4 is 10.6 Å². The van der Waals surface area contributed by atoms with Crippen LogP contribution in [0.15, 0.2) is 22.8 Å². The lowest BCUT2D eigenvalue weighted by atomic mass is 10.3. The molecule has 2 heterocycles. The zero-order valence-corrected chi connectivity index (χ0v) is 13.7. The van der Waals surface area contributed by atoms with Crippen molar-refractivity contribution < 1.29 is 23.5 Å². The minimum absolute atomic E-state index is 0.0640. The number of esters is 1. The Bertz CT molecular complexity index is 698. The van der Waals surface area contributed by atoms with E-state index in [0.29, 0.717) is 10.9 Å². The fraction of sp³-hybridized carbons (Fsp3) is 0.357. The quantitative estimate of drug-likeness (QED) is 0.680. The summed E-state index contributed by atoms with van der Waals surface area (Å²) in [5.74, 6) is -0.857. The number of furan rings is 1. The number of nitrogens with one attached hydrogen (secondary N) is 2. The molecule has 128 valence electrons. The maximum absolute atomic E-state index is 11.6. The molecular weight excluding hydrogens is 336 g/mol. The van der Waals surface area contributed by atoms with Crippen molar-refractivity contribution in [2.45, 2.75) is 26.3 Å². The maximum Gasteiger partial charge on any atom is 0.306 e. The van der Waals surface area contributed by atoms with Crippen LogP contribution in [0.5, 0.6) is 0 Å². The Morgan fingerprint density at radius 2 is 2.08 bits per heavy atom. The van der Waals surface area contributed by atoms with Gasteiger partial charge in [0.25, 0.3) is 5.91 Å². The molecule has 0 unspecified atom stereocenters. The molecule has 0 aromatic carbocycles. The van der Waals surface area contributed by atoms with Gasteiger partial charge >= 0.3 is 5.97 Å². The summed E-state index contributed by atoms with van der Waals surface area (Å²) in [5, 5.41) is 13.7. The van der Waals surface area contributed by atoms with Gasteiger partial charge in [0.2, 0.25) is 11.0 Å². The number of hydrogen-bond acceptors (Lipinski definition) is 8. The number of carbonyl (C=O) groups excluding carboxylic acids is 3. The number of aryl methyl sites for hydroxylation is 1. The highest BCUT2D eigenvalue weighted by Gasteiger charge is 2.12. The topological polar surface area (TPSA) is 123 Å². The normalized spacial score (nSPS) is 10.2. The summed E-state index contributed by atoms with van der Waals surface area (Å²) in [6, 6.07) is 3.42. The highest BCUT2D eigenvalue weighted by Crippen LogP contribution is 2.13. The van der Waals surface area contributed by atoms with Crippen LogP contribution in [0.1, 0.15) is 23.6 Å². The number of rotatable bonds is 8. The third-order valence-electron chi connectivity index (χ3n) is 2.73. The van der Waals surface area contributed by atoms with Crippen molar-refractivity contribution in [1.82, 2.24) is 15.5 Å². The fourth-order valence-corrected chi connectivity index (χ4v) is 2.22. The van der Waals surface area contributed by atoms with Gasteiger partial charge in [-0.2, -0.15) is 0 Å². The predicted octanol–water partition coefficient (Wildman–Crippen LogP) is 1.02. The second-order valence-corrected chi connectivity index (χ2v) is 5.87. The number of anilines is 1. The fourth-order valence-electron chi connectivity index (χ4n) is 1.61. The first kappa shape index (κ1) is 17.6. The van der Waals surface area contributed by atoms with E-state index in [0.717, 1.165) is 5.01 Å². The summed E-state index contributed by atoms with van der Waals surface area (Å²) in [6.45, 7) is 1.57. The van der Waals surface area contributed by atoms with Crippen molar-refractivity contribution in [3.05, 3.63) is 29.2 Å². The summed E-state index contributed by atoms with van der Waals surface area (Å²) < 4.78 is 9.84. The van der Waals surface area contributed by atoms with Crippen molar-refractivity contribution in [1.29, 1.82) is 0 Å². The Morgan fingerprint density at radius 3 is 2.75 bits per heavy atom. The molecule has 0 spiro atoms. The third-order valence-corrected chi connectivity index (χ3v) is 3.49. The van der Waals surface area contributed by atoms with E-state index >= 15 is 0 Å². The molecule has 10 heteroatoms. The van der Waals surface area contributed by atoms with E-state index in [9.17, 15) is 14.4 Å². The van der Waals surface area contributed by atoms with E-state index < -0.39 is 18.5 Å². The molecule has 2 amide bonds. The summed E-state index contributed by atoms with van der Waals surface area (Å²) >= 11 is 1.24. The predicted molar refractivity (Wildman–Crippen MR) is 84.0 cm³/mol. The van der Waals surface area contributed by atoms with Gasteiger partial charge in [-0.15, -0.1) is 10.2 Å². The number of hydrogen-bond donors (Lipinski definition) is 2. The number of aromatic nitrogens is 2. The SMILES string of the molecule is Cc1nnc(NC(=O)CCC(=O)OCC(=O)NCc2ccco2)s1. The second-order valence-electron chi connectivity index (χ2n) is 4.69. The highest BCUT2D eigenvalue weighted by atomic mass is 32.1. The van der Waals surface area contributed by atoms with Crippen LogP contribution in [-0.4, -0.2) is 34.6 Å². The molecule has 0 aliphatic carbocycles. The Labute approximate surface area is 141 Å². The molecule has 0 radical (unpaired) electrons. The van der Waals surface area contributed by atoms with Crippen molar-refractivity contribution in [2.75, 3.05) is 11.9 Å². The van der Waals surface area contributed by atoms with Crippen LogP contribution >= 0.6 is 11.3 Å². The Kier molecular flexibility index (Phi) is 6.43. The van der Waals surface area contributed by atoms with E-state index in [4.69, 9.17) is 9.15 Å². The van der Waals surface area contributed by atoms with Gasteiger partial charge in [-0.25, -0.2) is 0 Å². The van der Waals surface area contributed by atoms with Crippen molar-refractivity contribution in [2.24, 2.45) is 0 Å². The molecule has 2 aromatic rings. The molecule has 0 atom stereocenters. The number of ether oxygens (including phenoxy) is 1. The average molecular weight is 352 g/mol. The van der Waals surface area contributed by atoms with Crippen LogP contribution in [0.4, 0.5) is 5.13 Å². The lowest BCUT2D eigenvalue weighted by Crippen LogP contribution is -2.28. The molecule has 2 aromatic heterocycles. The van der Waals surface area contributed by atoms with Crippen LogP contribution in [0.25, 0.3) is 0 Å². The summed E-state index contributed by atoms with van der Waals surface area (Å²) in [7, 11) is 0. The van der Waals surface area contributed by atoms with E-state index in [-0.39, 0.29) is 25.3 Å². The minimum Gasteiger partial charge on any atom is -0.467 e.